The summed E-state index contributed by atoms with van der Waals surface area (Å²) in [7, 11) is 0. The van der Waals surface area contributed by atoms with E-state index >= 15 is 0 Å². The van der Waals surface area contributed by atoms with Crippen molar-refractivity contribution in [2.75, 3.05) is 6.61 Å². The van der Waals surface area contributed by atoms with E-state index < -0.39 is 41.6 Å². The van der Waals surface area contributed by atoms with Crippen LogP contribution in [0.1, 0.15) is 32.8 Å². The van der Waals surface area contributed by atoms with Gasteiger partial charge in [0.1, 0.15) is 17.7 Å². The average molecular weight is 329 g/mol. The zero-order valence-electron chi connectivity index (χ0n) is 13.4. The second-order valence-corrected chi connectivity index (χ2v) is 6.08. The zero-order chi connectivity index (χ0) is 17.6. The van der Waals surface area contributed by atoms with Crippen LogP contribution in [0.15, 0.2) is 18.2 Å². The molecule has 0 fully saturated rings. The normalized spacial score (nSPS) is 12.7. The molecule has 128 valence electrons. The first kappa shape index (κ1) is 19.0. The number of benzene rings is 1. The number of halogens is 2. The van der Waals surface area contributed by atoms with E-state index in [0.29, 0.717) is 0 Å². The molecule has 1 atom stereocenters. The Morgan fingerprint density at radius 1 is 1.26 bits per heavy atom. The van der Waals surface area contributed by atoms with E-state index in [9.17, 15) is 18.4 Å². The van der Waals surface area contributed by atoms with E-state index in [0.717, 1.165) is 12.1 Å². The van der Waals surface area contributed by atoms with Crippen LogP contribution in [-0.4, -0.2) is 35.2 Å². The number of hydrogen-bond acceptors (Lipinski definition) is 3. The molecular weight excluding hydrogens is 308 g/mol. The van der Waals surface area contributed by atoms with Gasteiger partial charge in [-0.05, 0) is 32.9 Å². The molecule has 0 heterocycles. The number of aliphatic carboxylic acids is 1. The summed E-state index contributed by atoms with van der Waals surface area (Å²) in [6.45, 7) is 5.60. The highest BCUT2D eigenvalue weighted by Crippen LogP contribution is 2.13. The lowest BCUT2D eigenvalue weighted by Crippen LogP contribution is -2.42. The molecule has 0 aliphatic rings. The van der Waals surface area contributed by atoms with E-state index in [4.69, 9.17) is 9.84 Å². The largest absolute Gasteiger partial charge is 0.480 e. The number of carbonyl (C=O) groups excluding carboxylic acids is 1. The Kier molecular flexibility index (Phi) is 6.62. The molecular formula is C16H21F2NO4. The van der Waals surface area contributed by atoms with Crippen LogP contribution in [0.2, 0.25) is 0 Å². The maximum Gasteiger partial charge on any atom is 0.326 e. The molecule has 1 aromatic carbocycles. The minimum atomic E-state index is -1.23. The lowest BCUT2D eigenvalue weighted by atomic mass is 10.1. The van der Waals surface area contributed by atoms with Crippen molar-refractivity contribution in [1.29, 1.82) is 0 Å². The fraction of sp³-hybridized carbons (Fsp3) is 0.500. The number of amides is 1. The molecule has 1 aromatic rings. The summed E-state index contributed by atoms with van der Waals surface area (Å²) in [5.41, 5.74) is -0.816. The van der Waals surface area contributed by atoms with Crippen LogP contribution < -0.4 is 5.32 Å². The number of carboxylic acids is 1. The number of nitrogens with one attached hydrogen (secondary N) is 1. The fourth-order valence-corrected chi connectivity index (χ4v) is 1.85. The minimum Gasteiger partial charge on any atom is -0.480 e. The van der Waals surface area contributed by atoms with E-state index in [1.54, 1.807) is 0 Å². The Hall–Kier alpha value is -2.02. The molecule has 5 nitrogen and oxygen atoms in total. The van der Waals surface area contributed by atoms with E-state index in [2.05, 4.69) is 5.32 Å². The van der Waals surface area contributed by atoms with E-state index in [1.165, 1.54) is 6.07 Å². The summed E-state index contributed by atoms with van der Waals surface area (Å²) in [5, 5.41) is 11.4. The summed E-state index contributed by atoms with van der Waals surface area (Å²) >= 11 is 0. The quantitative estimate of drug-likeness (QED) is 0.805. The Morgan fingerprint density at radius 3 is 2.30 bits per heavy atom. The van der Waals surface area contributed by atoms with Crippen molar-refractivity contribution in [2.24, 2.45) is 0 Å². The van der Waals surface area contributed by atoms with Crippen LogP contribution in [0.25, 0.3) is 0 Å². The molecule has 0 saturated heterocycles. The van der Waals surface area contributed by atoms with Gasteiger partial charge in [-0.25, -0.2) is 13.6 Å². The molecule has 0 aliphatic carbocycles. The van der Waals surface area contributed by atoms with Crippen LogP contribution in [0.5, 0.6) is 0 Å². The summed E-state index contributed by atoms with van der Waals surface area (Å²) in [4.78, 5) is 23.0. The molecule has 1 amide bonds. The first-order valence-electron chi connectivity index (χ1n) is 7.19. The average Bonchev–Trinajstić information content (AvgIpc) is 2.40. The molecule has 0 aromatic heterocycles. The summed E-state index contributed by atoms with van der Waals surface area (Å²) < 4.78 is 32.4. The highest BCUT2D eigenvalue weighted by atomic mass is 19.1. The number of ether oxygens (including phenoxy) is 1. The van der Waals surface area contributed by atoms with Gasteiger partial charge < -0.3 is 15.2 Å². The van der Waals surface area contributed by atoms with Crippen LogP contribution in [0.3, 0.4) is 0 Å². The number of carboxylic acid groups (broad SMARTS) is 1. The zero-order valence-corrected chi connectivity index (χ0v) is 13.4. The summed E-state index contributed by atoms with van der Waals surface area (Å²) in [5.74, 6) is -3.69. The first-order chi connectivity index (χ1) is 10.6. The van der Waals surface area contributed by atoms with Gasteiger partial charge in [0, 0.05) is 18.6 Å². The molecule has 0 spiro atoms. The van der Waals surface area contributed by atoms with Gasteiger partial charge in [-0.3, -0.25) is 4.79 Å². The van der Waals surface area contributed by atoms with Crippen molar-refractivity contribution in [3.05, 3.63) is 35.4 Å². The van der Waals surface area contributed by atoms with Gasteiger partial charge in [0.2, 0.25) is 5.91 Å². The maximum atomic E-state index is 13.5. The summed E-state index contributed by atoms with van der Waals surface area (Å²) in [6, 6.07) is 2.09. The number of rotatable bonds is 7. The van der Waals surface area contributed by atoms with Crippen molar-refractivity contribution in [3.8, 4) is 0 Å². The van der Waals surface area contributed by atoms with Gasteiger partial charge >= 0.3 is 5.97 Å². The van der Waals surface area contributed by atoms with Crippen LogP contribution in [0.4, 0.5) is 8.78 Å². The van der Waals surface area contributed by atoms with Crippen LogP contribution in [0, 0.1) is 11.6 Å². The molecule has 7 heteroatoms. The Balaban J connectivity index is 2.63. The summed E-state index contributed by atoms with van der Waals surface area (Å²) in [6.07, 6.45) is -0.513. The van der Waals surface area contributed by atoms with Crippen molar-refractivity contribution >= 4 is 11.9 Å². The maximum absolute atomic E-state index is 13.5. The fourth-order valence-electron chi connectivity index (χ4n) is 1.85. The molecule has 0 radical (unpaired) electrons. The Labute approximate surface area is 133 Å². The van der Waals surface area contributed by atoms with Crippen molar-refractivity contribution in [3.63, 3.8) is 0 Å². The Morgan fingerprint density at radius 2 is 1.83 bits per heavy atom. The number of hydrogen-bond donors (Lipinski definition) is 2. The van der Waals surface area contributed by atoms with E-state index in [1.807, 2.05) is 20.8 Å². The smallest absolute Gasteiger partial charge is 0.326 e. The molecule has 23 heavy (non-hydrogen) atoms. The predicted molar refractivity (Wildman–Crippen MR) is 80.0 cm³/mol. The van der Waals surface area contributed by atoms with Crippen molar-refractivity contribution in [1.82, 2.24) is 5.32 Å². The monoisotopic (exact) mass is 329 g/mol. The van der Waals surface area contributed by atoms with Gasteiger partial charge in [-0.1, -0.05) is 6.07 Å². The lowest BCUT2D eigenvalue weighted by Gasteiger charge is -2.21. The van der Waals surface area contributed by atoms with Gasteiger partial charge in [0.05, 0.1) is 12.0 Å². The number of carbonyl (C=O) groups is 2. The molecule has 0 bridgehead atoms. The first-order valence-corrected chi connectivity index (χ1v) is 7.19. The third-order valence-electron chi connectivity index (χ3n) is 2.97. The lowest BCUT2D eigenvalue weighted by molar-refractivity contribution is -0.142. The topological polar surface area (TPSA) is 75.6 Å². The highest BCUT2D eigenvalue weighted by Gasteiger charge is 2.22. The van der Waals surface area contributed by atoms with E-state index in [-0.39, 0.29) is 18.6 Å². The van der Waals surface area contributed by atoms with Gasteiger partial charge in [-0.2, -0.15) is 0 Å². The highest BCUT2D eigenvalue weighted by molar-refractivity contribution is 5.84. The SMILES string of the molecule is CC(C)(C)OCCC(NC(=O)Cc1c(F)cccc1F)C(=O)O. The molecule has 2 N–H and O–H groups in total. The van der Waals surface area contributed by atoms with Gasteiger partial charge in [0.25, 0.3) is 0 Å². The Bertz CT molecular complexity index is 549. The molecule has 0 saturated carbocycles. The van der Waals surface area contributed by atoms with Crippen LogP contribution in [-0.2, 0) is 20.7 Å². The van der Waals surface area contributed by atoms with Gasteiger partial charge in [-0.15, -0.1) is 0 Å². The van der Waals surface area contributed by atoms with Crippen molar-refractivity contribution in [2.45, 2.75) is 45.3 Å². The van der Waals surface area contributed by atoms with Gasteiger partial charge in [0.15, 0.2) is 0 Å². The standard InChI is InChI=1S/C16H21F2NO4/c1-16(2,3)23-8-7-13(15(21)22)19-14(20)9-10-11(17)5-4-6-12(10)18/h4-6,13H,7-9H2,1-3H3,(H,19,20)(H,21,22). The molecule has 1 unspecified atom stereocenters. The third-order valence-corrected chi connectivity index (χ3v) is 2.97. The minimum absolute atomic E-state index is 0.0537. The van der Waals surface area contributed by atoms with Crippen molar-refractivity contribution < 1.29 is 28.2 Å². The molecule has 0 aliphatic heterocycles. The second kappa shape index (κ2) is 8.01. The second-order valence-electron chi connectivity index (χ2n) is 6.08. The third kappa shape index (κ3) is 6.73. The molecule has 1 rings (SSSR count). The predicted octanol–water partition coefficient (Wildman–Crippen LogP) is 2.28. The van der Waals surface area contributed by atoms with Crippen LogP contribution >= 0.6 is 0 Å².